The molecule has 2 atom stereocenters. The maximum absolute atomic E-state index is 13.2. The molecule has 1 aromatic heterocycles. The fourth-order valence-electron chi connectivity index (χ4n) is 3.86. The van der Waals surface area contributed by atoms with Crippen LogP contribution >= 0.6 is 11.8 Å². The summed E-state index contributed by atoms with van der Waals surface area (Å²) < 4.78 is 14.7. The van der Waals surface area contributed by atoms with Crippen LogP contribution in [0.25, 0.3) is 0 Å². The van der Waals surface area contributed by atoms with Crippen LogP contribution in [0.15, 0.2) is 34.2 Å². The summed E-state index contributed by atoms with van der Waals surface area (Å²) in [5.41, 5.74) is 1.93. The molecule has 0 bridgehead atoms. The minimum absolute atomic E-state index is 0.0230. The molecule has 2 rings (SSSR count). The second-order valence-electron chi connectivity index (χ2n) is 8.72. The molecule has 1 heterocycles. The summed E-state index contributed by atoms with van der Waals surface area (Å²) in [6, 6.07) is 6.23. The molecule has 2 unspecified atom stereocenters. The Morgan fingerprint density at radius 1 is 1.21 bits per heavy atom. The number of carbonyl (C=O) groups is 1. The van der Waals surface area contributed by atoms with E-state index in [9.17, 15) is 14.0 Å². The van der Waals surface area contributed by atoms with E-state index in [1.807, 2.05) is 20.8 Å². The Morgan fingerprint density at radius 2 is 1.85 bits per heavy atom. The first kappa shape index (κ1) is 28.1. The van der Waals surface area contributed by atoms with Gasteiger partial charge in [0.05, 0.1) is 5.25 Å². The standard InChI is InChI=1S/C26H39FN4O2S/c1-7-23(24(32)28-18(4)11-10-16-31(8-2)9-3)34-26-29-19(5)22(25(33)30(26)6)17-20-12-14-21(27)15-13-20/h12-15,18,23H,7-11,16-17H2,1-6H3,(H,28,32). The fourth-order valence-corrected chi connectivity index (χ4v) is 4.89. The third-order valence-corrected chi connectivity index (χ3v) is 7.56. The van der Waals surface area contributed by atoms with Crippen molar-refractivity contribution in [3.8, 4) is 0 Å². The van der Waals surface area contributed by atoms with Crippen molar-refractivity contribution in [3.05, 3.63) is 57.3 Å². The van der Waals surface area contributed by atoms with E-state index < -0.39 is 0 Å². The van der Waals surface area contributed by atoms with Gasteiger partial charge in [0.1, 0.15) is 5.82 Å². The van der Waals surface area contributed by atoms with Crippen molar-refractivity contribution in [1.29, 1.82) is 0 Å². The van der Waals surface area contributed by atoms with Gasteiger partial charge in [-0.3, -0.25) is 14.2 Å². The highest BCUT2D eigenvalue weighted by Gasteiger charge is 2.23. The number of nitrogens with one attached hydrogen (secondary N) is 1. The van der Waals surface area contributed by atoms with E-state index in [-0.39, 0.29) is 28.6 Å². The number of hydrogen-bond acceptors (Lipinski definition) is 5. The normalized spacial score (nSPS) is 13.2. The van der Waals surface area contributed by atoms with Crippen LogP contribution in [-0.2, 0) is 18.3 Å². The topological polar surface area (TPSA) is 67.2 Å². The Hall–Kier alpha value is -2.19. The lowest BCUT2D eigenvalue weighted by atomic mass is 10.1. The number of halogens is 1. The lowest BCUT2D eigenvalue weighted by Crippen LogP contribution is -2.39. The van der Waals surface area contributed by atoms with Crippen LogP contribution < -0.4 is 10.9 Å². The van der Waals surface area contributed by atoms with Gasteiger partial charge in [-0.1, -0.05) is 44.7 Å². The summed E-state index contributed by atoms with van der Waals surface area (Å²) in [5.74, 6) is -0.328. The van der Waals surface area contributed by atoms with Crippen molar-refractivity contribution < 1.29 is 9.18 Å². The fraction of sp³-hybridized carbons (Fsp3) is 0.577. The van der Waals surface area contributed by atoms with Crippen molar-refractivity contribution in [1.82, 2.24) is 19.8 Å². The Balaban J connectivity index is 2.05. The lowest BCUT2D eigenvalue weighted by Gasteiger charge is -2.22. The quantitative estimate of drug-likeness (QED) is 0.335. The molecule has 0 aliphatic carbocycles. The van der Waals surface area contributed by atoms with Crippen LogP contribution in [0.3, 0.4) is 0 Å². The minimum Gasteiger partial charge on any atom is -0.353 e. The highest BCUT2D eigenvalue weighted by Crippen LogP contribution is 2.24. The summed E-state index contributed by atoms with van der Waals surface area (Å²) in [4.78, 5) is 33.0. The highest BCUT2D eigenvalue weighted by atomic mass is 32.2. The van der Waals surface area contributed by atoms with Crippen molar-refractivity contribution in [2.45, 2.75) is 76.8 Å². The largest absolute Gasteiger partial charge is 0.353 e. The van der Waals surface area contributed by atoms with Gasteiger partial charge in [0.25, 0.3) is 5.56 Å². The highest BCUT2D eigenvalue weighted by molar-refractivity contribution is 8.00. The first-order chi connectivity index (χ1) is 16.2. The number of thioether (sulfide) groups is 1. The van der Waals surface area contributed by atoms with Gasteiger partial charge in [-0.15, -0.1) is 0 Å². The molecule has 1 N–H and O–H groups in total. The predicted octanol–water partition coefficient (Wildman–Crippen LogP) is 4.32. The molecule has 2 aromatic rings. The molecule has 8 heteroatoms. The first-order valence-corrected chi connectivity index (χ1v) is 13.1. The molecular formula is C26H39FN4O2S. The molecule has 0 aliphatic heterocycles. The third-order valence-electron chi connectivity index (χ3n) is 6.15. The van der Waals surface area contributed by atoms with E-state index in [2.05, 4.69) is 29.0 Å². The van der Waals surface area contributed by atoms with Gasteiger partial charge in [-0.05, 0) is 70.4 Å². The zero-order chi connectivity index (χ0) is 25.3. The zero-order valence-electron chi connectivity index (χ0n) is 21.4. The Bertz CT molecular complexity index is 990. The van der Waals surface area contributed by atoms with E-state index in [0.29, 0.717) is 29.3 Å². The summed E-state index contributed by atoms with van der Waals surface area (Å²) >= 11 is 1.33. The summed E-state index contributed by atoms with van der Waals surface area (Å²) in [7, 11) is 1.69. The van der Waals surface area contributed by atoms with Gasteiger partial charge in [-0.25, -0.2) is 9.37 Å². The molecule has 0 aliphatic rings. The van der Waals surface area contributed by atoms with Crippen molar-refractivity contribution in [2.75, 3.05) is 19.6 Å². The number of benzene rings is 1. The van der Waals surface area contributed by atoms with Gasteiger partial charge >= 0.3 is 0 Å². The third kappa shape index (κ3) is 7.94. The Kier molecular flexibility index (Phi) is 11.2. The van der Waals surface area contributed by atoms with E-state index >= 15 is 0 Å². The van der Waals surface area contributed by atoms with Crippen LogP contribution in [0.4, 0.5) is 4.39 Å². The summed E-state index contributed by atoms with van der Waals surface area (Å²) in [6.07, 6.45) is 2.99. The molecule has 1 aromatic carbocycles. The van der Waals surface area contributed by atoms with Gasteiger partial charge in [-0.2, -0.15) is 0 Å². The van der Waals surface area contributed by atoms with Crippen molar-refractivity contribution in [2.24, 2.45) is 7.05 Å². The zero-order valence-corrected chi connectivity index (χ0v) is 22.2. The molecular weight excluding hydrogens is 451 g/mol. The van der Waals surface area contributed by atoms with Crippen molar-refractivity contribution >= 4 is 17.7 Å². The van der Waals surface area contributed by atoms with Crippen LogP contribution in [0.2, 0.25) is 0 Å². The molecule has 0 radical (unpaired) electrons. The number of aryl methyl sites for hydroxylation is 1. The lowest BCUT2D eigenvalue weighted by molar-refractivity contribution is -0.121. The molecule has 0 saturated carbocycles. The number of nitrogens with zero attached hydrogens (tertiary/aromatic N) is 3. The van der Waals surface area contributed by atoms with Crippen LogP contribution in [-0.4, -0.2) is 51.3 Å². The number of aromatic nitrogens is 2. The average molecular weight is 491 g/mol. The first-order valence-electron chi connectivity index (χ1n) is 12.2. The molecule has 0 spiro atoms. The Labute approximate surface area is 207 Å². The average Bonchev–Trinajstić information content (AvgIpc) is 2.82. The SMILES string of the molecule is CCC(Sc1nc(C)c(Cc2ccc(F)cc2)c(=O)n1C)C(=O)NC(C)CCCN(CC)CC. The Morgan fingerprint density at radius 3 is 2.44 bits per heavy atom. The van der Waals surface area contributed by atoms with Gasteiger partial charge in [0.2, 0.25) is 5.91 Å². The van der Waals surface area contributed by atoms with Gasteiger partial charge in [0.15, 0.2) is 5.16 Å². The maximum Gasteiger partial charge on any atom is 0.257 e. The molecule has 1 amide bonds. The van der Waals surface area contributed by atoms with Crippen LogP contribution in [0, 0.1) is 12.7 Å². The summed E-state index contributed by atoms with van der Waals surface area (Å²) in [6.45, 7) is 13.3. The number of hydrogen-bond donors (Lipinski definition) is 1. The van der Waals surface area contributed by atoms with Crippen LogP contribution in [0.5, 0.6) is 0 Å². The van der Waals surface area contributed by atoms with Crippen LogP contribution in [0.1, 0.15) is 63.8 Å². The van der Waals surface area contributed by atoms with Crippen molar-refractivity contribution in [3.63, 3.8) is 0 Å². The van der Waals surface area contributed by atoms with Gasteiger partial charge < -0.3 is 10.2 Å². The maximum atomic E-state index is 13.2. The van der Waals surface area contributed by atoms with E-state index in [1.54, 1.807) is 19.2 Å². The molecule has 188 valence electrons. The smallest absolute Gasteiger partial charge is 0.257 e. The number of carbonyl (C=O) groups excluding carboxylic acids is 1. The predicted molar refractivity (Wildman–Crippen MR) is 138 cm³/mol. The van der Waals surface area contributed by atoms with E-state index in [1.165, 1.54) is 28.5 Å². The number of amides is 1. The minimum atomic E-state index is -0.328. The van der Waals surface area contributed by atoms with E-state index in [0.717, 1.165) is 38.0 Å². The second kappa shape index (κ2) is 13.6. The molecule has 6 nitrogen and oxygen atoms in total. The second-order valence-corrected chi connectivity index (χ2v) is 9.89. The summed E-state index contributed by atoms with van der Waals surface area (Å²) in [5, 5.41) is 3.34. The van der Waals surface area contributed by atoms with Gasteiger partial charge in [0, 0.05) is 30.8 Å². The molecule has 0 fully saturated rings. The molecule has 34 heavy (non-hydrogen) atoms. The molecule has 0 saturated heterocycles. The van der Waals surface area contributed by atoms with E-state index in [4.69, 9.17) is 0 Å². The monoisotopic (exact) mass is 490 g/mol. The number of rotatable bonds is 13.